The molecule has 0 saturated heterocycles. The van der Waals surface area contributed by atoms with Crippen LogP contribution in [0.15, 0.2) is 78.9 Å². The second-order valence-corrected chi connectivity index (χ2v) is 7.31. The van der Waals surface area contributed by atoms with Crippen molar-refractivity contribution in [1.29, 1.82) is 0 Å². The fourth-order valence-corrected chi connectivity index (χ4v) is 3.04. The van der Waals surface area contributed by atoms with Gasteiger partial charge in [0.1, 0.15) is 12.4 Å². The van der Waals surface area contributed by atoms with E-state index in [1.807, 2.05) is 36.4 Å². The molecule has 0 unspecified atom stereocenters. The Bertz CT molecular complexity index is 817. The van der Waals surface area contributed by atoms with Gasteiger partial charge in [0.2, 0.25) is 0 Å². The molecule has 0 radical (unpaired) electrons. The zero-order valence-electron chi connectivity index (χ0n) is 15.7. The summed E-state index contributed by atoms with van der Waals surface area (Å²) >= 11 is 5.92. The Hall–Kier alpha value is -2.29. The van der Waals surface area contributed by atoms with Gasteiger partial charge in [-0.25, -0.2) is 0 Å². The first-order chi connectivity index (χ1) is 13.2. The topological polar surface area (TPSA) is 21.3 Å². The zero-order valence-corrected chi connectivity index (χ0v) is 16.5. The van der Waals surface area contributed by atoms with E-state index in [1.165, 1.54) is 11.1 Å². The average Bonchev–Trinajstić information content (AvgIpc) is 2.71. The predicted octanol–water partition coefficient (Wildman–Crippen LogP) is 6.03. The van der Waals surface area contributed by atoms with Gasteiger partial charge in [-0.2, -0.15) is 0 Å². The van der Waals surface area contributed by atoms with Gasteiger partial charge in [-0.1, -0.05) is 66.2 Å². The highest BCUT2D eigenvalue weighted by Gasteiger charge is 2.04. The molecule has 0 aliphatic heterocycles. The van der Waals surface area contributed by atoms with Gasteiger partial charge in [0.05, 0.1) is 0 Å². The highest BCUT2D eigenvalue weighted by molar-refractivity contribution is 6.30. The molecule has 3 aromatic carbocycles. The van der Waals surface area contributed by atoms with Crippen molar-refractivity contribution in [3.05, 3.63) is 101 Å². The Morgan fingerprint density at radius 3 is 2.37 bits per heavy atom. The van der Waals surface area contributed by atoms with Crippen molar-refractivity contribution in [1.82, 2.24) is 5.32 Å². The molecule has 0 bridgehead atoms. The van der Waals surface area contributed by atoms with E-state index >= 15 is 0 Å². The third-order valence-electron chi connectivity index (χ3n) is 4.58. The molecule has 0 aromatic heterocycles. The maximum absolute atomic E-state index is 5.92. The molecular weight excluding hydrogens is 354 g/mol. The number of hydrogen-bond donors (Lipinski definition) is 1. The maximum atomic E-state index is 5.92. The van der Waals surface area contributed by atoms with Crippen molar-refractivity contribution in [3.8, 4) is 5.75 Å². The first-order valence-electron chi connectivity index (χ1n) is 9.42. The van der Waals surface area contributed by atoms with E-state index in [0.717, 1.165) is 35.7 Å². The van der Waals surface area contributed by atoms with Gasteiger partial charge in [-0.3, -0.25) is 0 Å². The number of hydrogen-bond acceptors (Lipinski definition) is 2. The highest BCUT2D eigenvalue weighted by Crippen LogP contribution is 2.17. The molecule has 1 N–H and O–H groups in total. The summed E-state index contributed by atoms with van der Waals surface area (Å²) in [6.45, 7) is 3.62. The van der Waals surface area contributed by atoms with Gasteiger partial charge in [-0.05, 0) is 60.7 Å². The van der Waals surface area contributed by atoms with Crippen LogP contribution in [0.3, 0.4) is 0 Å². The van der Waals surface area contributed by atoms with E-state index in [0.29, 0.717) is 12.6 Å². The summed E-state index contributed by atoms with van der Waals surface area (Å²) in [4.78, 5) is 0. The van der Waals surface area contributed by atoms with Crippen molar-refractivity contribution < 1.29 is 4.74 Å². The summed E-state index contributed by atoms with van der Waals surface area (Å²) in [5.74, 6) is 0.890. The first kappa shape index (κ1) is 19.5. The van der Waals surface area contributed by atoms with Gasteiger partial charge >= 0.3 is 0 Å². The molecule has 140 valence electrons. The van der Waals surface area contributed by atoms with Crippen molar-refractivity contribution in [2.45, 2.75) is 39.0 Å². The Labute approximate surface area is 167 Å². The third-order valence-corrected chi connectivity index (χ3v) is 4.83. The third kappa shape index (κ3) is 6.74. The molecule has 2 nitrogen and oxygen atoms in total. The van der Waals surface area contributed by atoms with Gasteiger partial charge < -0.3 is 10.1 Å². The molecular formula is C24H26ClNO. The van der Waals surface area contributed by atoms with Crippen LogP contribution in [0, 0.1) is 0 Å². The number of ether oxygens (including phenoxy) is 1. The maximum Gasteiger partial charge on any atom is 0.120 e. The molecule has 0 aliphatic carbocycles. The monoisotopic (exact) mass is 379 g/mol. The van der Waals surface area contributed by atoms with Gasteiger partial charge in [0.25, 0.3) is 0 Å². The van der Waals surface area contributed by atoms with E-state index in [-0.39, 0.29) is 0 Å². The van der Waals surface area contributed by atoms with Gasteiger partial charge in [0.15, 0.2) is 0 Å². The fourth-order valence-electron chi connectivity index (χ4n) is 2.91. The lowest BCUT2D eigenvalue weighted by Crippen LogP contribution is -2.25. The molecule has 0 amide bonds. The van der Waals surface area contributed by atoms with Crippen LogP contribution in [-0.4, -0.2) is 6.04 Å². The molecule has 27 heavy (non-hydrogen) atoms. The molecule has 0 heterocycles. The van der Waals surface area contributed by atoms with Gasteiger partial charge in [-0.15, -0.1) is 0 Å². The summed E-state index contributed by atoms with van der Waals surface area (Å²) < 4.78 is 5.91. The quantitative estimate of drug-likeness (QED) is 0.490. The normalized spacial score (nSPS) is 11.9. The van der Waals surface area contributed by atoms with Crippen molar-refractivity contribution in [2.75, 3.05) is 0 Å². The van der Waals surface area contributed by atoms with Crippen LogP contribution in [0.4, 0.5) is 0 Å². The number of nitrogens with one attached hydrogen (secondary N) is 1. The van der Waals surface area contributed by atoms with Crippen molar-refractivity contribution >= 4 is 11.6 Å². The lowest BCUT2D eigenvalue weighted by Gasteiger charge is -2.14. The number of halogens is 1. The standard InChI is InChI=1S/C24H26ClNO/c1-19(10-11-20-6-3-2-4-7-20)26-17-22-8-5-9-24(16-22)27-18-21-12-14-23(25)15-13-21/h2-9,12-16,19,26H,10-11,17-18H2,1H3/t19-/m1/s1. The van der Waals surface area contributed by atoms with Crippen LogP contribution in [0.5, 0.6) is 5.75 Å². The molecule has 3 heteroatoms. The molecule has 0 fully saturated rings. The summed E-state index contributed by atoms with van der Waals surface area (Å²) in [7, 11) is 0. The summed E-state index contributed by atoms with van der Waals surface area (Å²) in [6, 6.07) is 27.1. The second-order valence-electron chi connectivity index (χ2n) is 6.87. The number of benzene rings is 3. The second kappa shape index (κ2) is 10.1. The minimum Gasteiger partial charge on any atom is -0.489 e. The lowest BCUT2D eigenvalue weighted by atomic mass is 10.1. The highest BCUT2D eigenvalue weighted by atomic mass is 35.5. The molecule has 0 spiro atoms. The largest absolute Gasteiger partial charge is 0.489 e. The zero-order chi connectivity index (χ0) is 18.9. The minimum atomic E-state index is 0.462. The summed E-state index contributed by atoms with van der Waals surface area (Å²) in [5.41, 5.74) is 3.73. The Kier molecular flexibility index (Phi) is 7.32. The SMILES string of the molecule is C[C@H](CCc1ccccc1)NCc1cccc(OCc2ccc(Cl)cc2)c1. The van der Waals surface area contributed by atoms with Crippen molar-refractivity contribution in [3.63, 3.8) is 0 Å². The Morgan fingerprint density at radius 1 is 0.852 bits per heavy atom. The van der Waals surface area contributed by atoms with Crippen molar-refractivity contribution in [2.24, 2.45) is 0 Å². The minimum absolute atomic E-state index is 0.462. The van der Waals surface area contributed by atoms with Gasteiger partial charge in [0, 0.05) is 17.6 Å². The summed E-state index contributed by atoms with van der Waals surface area (Å²) in [5, 5.41) is 4.35. The summed E-state index contributed by atoms with van der Waals surface area (Å²) in [6.07, 6.45) is 2.22. The molecule has 1 atom stereocenters. The molecule has 0 aliphatic rings. The van der Waals surface area contributed by atoms with Crippen LogP contribution in [0.2, 0.25) is 5.02 Å². The molecule has 3 aromatic rings. The molecule has 3 rings (SSSR count). The van der Waals surface area contributed by atoms with E-state index in [2.05, 4.69) is 54.7 Å². The lowest BCUT2D eigenvalue weighted by molar-refractivity contribution is 0.306. The first-order valence-corrected chi connectivity index (χ1v) is 9.80. The number of aryl methyl sites for hydroxylation is 1. The Balaban J connectivity index is 1.44. The van der Waals surface area contributed by atoms with Crippen LogP contribution in [0.25, 0.3) is 0 Å². The van der Waals surface area contributed by atoms with Crippen LogP contribution >= 0.6 is 11.6 Å². The van der Waals surface area contributed by atoms with E-state index in [1.54, 1.807) is 0 Å². The van der Waals surface area contributed by atoms with Crippen LogP contribution in [0.1, 0.15) is 30.0 Å². The van der Waals surface area contributed by atoms with E-state index in [9.17, 15) is 0 Å². The van der Waals surface area contributed by atoms with E-state index < -0.39 is 0 Å². The average molecular weight is 380 g/mol. The number of rotatable bonds is 9. The predicted molar refractivity (Wildman–Crippen MR) is 113 cm³/mol. The Morgan fingerprint density at radius 2 is 1.59 bits per heavy atom. The smallest absolute Gasteiger partial charge is 0.120 e. The van der Waals surface area contributed by atoms with Crippen LogP contribution in [-0.2, 0) is 19.6 Å². The van der Waals surface area contributed by atoms with E-state index in [4.69, 9.17) is 16.3 Å². The molecule has 0 saturated carbocycles. The van der Waals surface area contributed by atoms with Crippen LogP contribution < -0.4 is 10.1 Å². The fraction of sp³-hybridized carbons (Fsp3) is 0.250.